The van der Waals surface area contributed by atoms with E-state index in [9.17, 15) is 21.6 Å². The molecule has 1 aliphatic carbocycles. The third-order valence-electron chi connectivity index (χ3n) is 4.93. The van der Waals surface area contributed by atoms with Crippen molar-refractivity contribution in [1.29, 1.82) is 0 Å². The lowest BCUT2D eigenvalue weighted by atomic mass is 9.97. The molecule has 0 spiro atoms. The fourth-order valence-corrected chi connectivity index (χ4v) is 4.15. The Hall–Kier alpha value is -2.65. The quantitative estimate of drug-likeness (QED) is 0.720. The first kappa shape index (κ1) is 18.7. The van der Waals surface area contributed by atoms with E-state index < -0.39 is 21.9 Å². The van der Waals surface area contributed by atoms with Crippen molar-refractivity contribution < 1.29 is 21.6 Å². The van der Waals surface area contributed by atoms with E-state index in [-0.39, 0.29) is 10.8 Å². The molecular formula is C19H16F3N3O2S. The molecule has 28 heavy (non-hydrogen) atoms. The number of nitrogens with zero attached hydrogens (tertiary/aromatic N) is 2. The van der Waals surface area contributed by atoms with Crippen LogP contribution in [0.4, 0.5) is 13.2 Å². The van der Waals surface area contributed by atoms with Crippen LogP contribution in [-0.2, 0) is 22.6 Å². The standard InChI is InChI=1S/C19H16F3N3O2S/c20-19(21,22)18-11-17(16-10-5-12-3-1-2-4-15(12)16)25(24-18)13-6-8-14(9-7-13)28(23,26)27/h1-4,6-9,11,16H,5,10H2,(H2,23,26,27). The maximum absolute atomic E-state index is 13.3. The van der Waals surface area contributed by atoms with Gasteiger partial charge in [-0.25, -0.2) is 18.2 Å². The van der Waals surface area contributed by atoms with Crippen LogP contribution >= 0.6 is 0 Å². The summed E-state index contributed by atoms with van der Waals surface area (Å²) in [6.45, 7) is 0. The van der Waals surface area contributed by atoms with Gasteiger partial charge in [0.25, 0.3) is 0 Å². The number of aryl methyl sites for hydroxylation is 1. The molecule has 3 aromatic rings. The zero-order valence-electron chi connectivity index (χ0n) is 14.5. The molecule has 1 aromatic heterocycles. The summed E-state index contributed by atoms with van der Waals surface area (Å²) in [7, 11) is -3.90. The highest BCUT2D eigenvalue weighted by Gasteiger charge is 2.37. The number of aromatic nitrogens is 2. The summed E-state index contributed by atoms with van der Waals surface area (Å²) in [4.78, 5) is -0.118. The van der Waals surface area contributed by atoms with Crippen LogP contribution in [0.2, 0.25) is 0 Å². The first-order valence-corrected chi connectivity index (χ1v) is 10.1. The fraction of sp³-hybridized carbons (Fsp3) is 0.211. The van der Waals surface area contributed by atoms with Gasteiger partial charge in [0.1, 0.15) is 0 Å². The Bertz CT molecular complexity index is 1140. The van der Waals surface area contributed by atoms with E-state index in [1.807, 2.05) is 24.3 Å². The smallest absolute Gasteiger partial charge is 0.237 e. The number of alkyl halides is 3. The van der Waals surface area contributed by atoms with Crippen LogP contribution in [0.25, 0.3) is 5.69 Å². The van der Waals surface area contributed by atoms with E-state index in [4.69, 9.17) is 5.14 Å². The molecule has 0 radical (unpaired) electrons. The molecule has 0 bridgehead atoms. The summed E-state index contributed by atoms with van der Waals surface area (Å²) in [5.74, 6) is -0.224. The van der Waals surface area contributed by atoms with E-state index in [0.29, 0.717) is 17.8 Å². The molecule has 2 N–H and O–H groups in total. The van der Waals surface area contributed by atoms with E-state index >= 15 is 0 Å². The zero-order chi connectivity index (χ0) is 20.1. The van der Waals surface area contributed by atoms with Gasteiger partial charge in [-0.3, -0.25) is 0 Å². The van der Waals surface area contributed by atoms with Gasteiger partial charge in [-0.1, -0.05) is 24.3 Å². The summed E-state index contributed by atoms with van der Waals surface area (Å²) in [6.07, 6.45) is -3.13. The predicted octanol–water partition coefficient (Wildman–Crippen LogP) is 3.62. The van der Waals surface area contributed by atoms with Crippen molar-refractivity contribution in [3.63, 3.8) is 0 Å². The van der Waals surface area contributed by atoms with E-state index in [0.717, 1.165) is 23.6 Å². The lowest BCUT2D eigenvalue weighted by Crippen LogP contribution is -2.13. The molecule has 2 aromatic carbocycles. The number of rotatable bonds is 3. The predicted molar refractivity (Wildman–Crippen MR) is 96.5 cm³/mol. The first-order chi connectivity index (χ1) is 13.1. The Kier molecular flexibility index (Phi) is 4.31. The van der Waals surface area contributed by atoms with Crippen LogP contribution in [-0.4, -0.2) is 18.2 Å². The van der Waals surface area contributed by atoms with Gasteiger partial charge in [0.05, 0.1) is 16.3 Å². The van der Waals surface area contributed by atoms with Gasteiger partial charge in [0, 0.05) is 5.92 Å². The minimum atomic E-state index is -4.58. The summed E-state index contributed by atoms with van der Waals surface area (Å²) >= 11 is 0. The number of hydrogen-bond acceptors (Lipinski definition) is 3. The molecule has 5 nitrogen and oxygen atoms in total. The summed E-state index contributed by atoms with van der Waals surface area (Å²) < 4.78 is 64.1. The van der Waals surface area contributed by atoms with E-state index in [1.54, 1.807) is 0 Å². The van der Waals surface area contributed by atoms with Gasteiger partial charge in [-0.05, 0) is 54.3 Å². The highest BCUT2D eigenvalue weighted by molar-refractivity contribution is 7.89. The molecule has 0 saturated heterocycles. The maximum Gasteiger partial charge on any atom is 0.435 e. The third kappa shape index (κ3) is 3.31. The maximum atomic E-state index is 13.3. The molecule has 1 aliphatic rings. The zero-order valence-corrected chi connectivity index (χ0v) is 15.3. The number of halogens is 3. The molecule has 1 atom stereocenters. The van der Waals surface area contributed by atoms with Crippen LogP contribution in [0, 0.1) is 0 Å². The largest absolute Gasteiger partial charge is 0.435 e. The van der Waals surface area contributed by atoms with Crippen LogP contribution in [0.15, 0.2) is 59.5 Å². The third-order valence-corrected chi connectivity index (χ3v) is 5.86. The van der Waals surface area contributed by atoms with Crippen LogP contribution in [0.3, 0.4) is 0 Å². The topological polar surface area (TPSA) is 78.0 Å². The van der Waals surface area contributed by atoms with Crippen LogP contribution in [0.5, 0.6) is 0 Å². The number of sulfonamides is 1. The van der Waals surface area contributed by atoms with Gasteiger partial charge in [-0.2, -0.15) is 18.3 Å². The van der Waals surface area contributed by atoms with Crippen LogP contribution < -0.4 is 5.14 Å². The first-order valence-electron chi connectivity index (χ1n) is 8.53. The van der Waals surface area contributed by atoms with Crippen molar-refractivity contribution >= 4 is 10.0 Å². The summed E-state index contributed by atoms with van der Waals surface area (Å²) in [5.41, 5.74) is 1.86. The fourth-order valence-electron chi connectivity index (χ4n) is 3.63. The second-order valence-electron chi connectivity index (χ2n) is 6.69. The molecule has 4 rings (SSSR count). The minimum Gasteiger partial charge on any atom is -0.237 e. The highest BCUT2D eigenvalue weighted by atomic mass is 32.2. The number of fused-ring (bicyclic) bond motifs is 1. The molecular weight excluding hydrogens is 391 g/mol. The van der Waals surface area contributed by atoms with Crippen molar-refractivity contribution in [3.05, 3.63) is 77.1 Å². The average Bonchev–Trinajstić information content (AvgIpc) is 3.25. The molecule has 146 valence electrons. The van der Waals surface area contributed by atoms with Gasteiger partial charge in [-0.15, -0.1) is 0 Å². The Balaban J connectivity index is 1.85. The molecule has 1 unspecified atom stereocenters. The Morgan fingerprint density at radius 3 is 2.39 bits per heavy atom. The molecule has 0 aliphatic heterocycles. The van der Waals surface area contributed by atoms with Gasteiger partial charge >= 0.3 is 6.18 Å². The minimum absolute atomic E-state index is 0.118. The number of primary sulfonamides is 1. The average molecular weight is 407 g/mol. The van der Waals surface area contributed by atoms with Crippen molar-refractivity contribution in [3.8, 4) is 5.69 Å². The molecule has 9 heteroatoms. The summed E-state index contributed by atoms with van der Waals surface area (Å²) in [6, 6.07) is 14.0. The lowest BCUT2D eigenvalue weighted by Gasteiger charge is -2.15. The molecule has 0 amide bonds. The molecule has 0 fully saturated rings. The van der Waals surface area contributed by atoms with Gasteiger partial charge < -0.3 is 0 Å². The van der Waals surface area contributed by atoms with Crippen molar-refractivity contribution in [2.24, 2.45) is 5.14 Å². The van der Waals surface area contributed by atoms with Crippen molar-refractivity contribution in [2.45, 2.75) is 29.8 Å². The Morgan fingerprint density at radius 2 is 1.75 bits per heavy atom. The van der Waals surface area contributed by atoms with Crippen molar-refractivity contribution in [1.82, 2.24) is 9.78 Å². The SMILES string of the molecule is NS(=O)(=O)c1ccc(-n2nc(C(F)(F)F)cc2C2CCc3ccccc32)cc1. The number of benzene rings is 2. The molecule has 1 heterocycles. The number of hydrogen-bond donors (Lipinski definition) is 1. The lowest BCUT2D eigenvalue weighted by molar-refractivity contribution is -0.141. The van der Waals surface area contributed by atoms with Gasteiger partial charge in [0.15, 0.2) is 5.69 Å². The monoisotopic (exact) mass is 407 g/mol. The second-order valence-corrected chi connectivity index (χ2v) is 8.25. The van der Waals surface area contributed by atoms with E-state index in [1.165, 1.54) is 28.9 Å². The Labute approximate surface area is 159 Å². The second kappa shape index (κ2) is 6.46. The van der Waals surface area contributed by atoms with E-state index in [2.05, 4.69) is 5.10 Å². The normalized spacial score (nSPS) is 16.9. The van der Waals surface area contributed by atoms with Crippen molar-refractivity contribution in [2.75, 3.05) is 0 Å². The molecule has 0 saturated carbocycles. The van der Waals surface area contributed by atoms with Crippen LogP contribution in [0.1, 0.15) is 34.9 Å². The number of nitrogens with two attached hydrogens (primary N) is 1. The highest BCUT2D eigenvalue weighted by Crippen LogP contribution is 2.40. The summed E-state index contributed by atoms with van der Waals surface area (Å²) in [5, 5.41) is 8.86. The van der Waals surface area contributed by atoms with Gasteiger partial charge in [0.2, 0.25) is 10.0 Å². The Morgan fingerprint density at radius 1 is 1.07 bits per heavy atom.